The van der Waals surface area contributed by atoms with Crippen LogP contribution in [-0.4, -0.2) is 11.1 Å². The van der Waals surface area contributed by atoms with Crippen molar-refractivity contribution in [3.63, 3.8) is 0 Å². The number of rotatable bonds is 4. The second kappa shape index (κ2) is 5.92. The van der Waals surface area contributed by atoms with Gasteiger partial charge in [0.05, 0.1) is 5.56 Å². The molecular formula is C14H12INO3. The first-order valence-electron chi connectivity index (χ1n) is 5.56. The molecule has 0 saturated heterocycles. The standard InChI is InChI=1S/C14H12INO3/c15-10-3-1-9(2-4-10)8-19-11-5-6-12(14(17)18)13(16)7-11/h1-7H,8,16H2,(H,17,18). The van der Waals surface area contributed by atoms with E-state index in [1.165, 1.54) is 12.1 Å². The fraction of sp³-hybridized carbons (Fsp3) is 0.0714. The van der Waals surface area contributed by atoms with Crippen LogP contribution in [0.2, 0.25) is 0 Å². The quantitative estimate of drug-likeness (QED) is 0.642. The molecule has 0 amide bonds. The van der Waals surface area contributed by atoms with Crippen LogP contribution in [0.25, 0.3) is 0 Å². The fourth-order valence-electron chi connectivity index (χ4n) is 1.57. The Kier molecular flexibility index (Phi) is 4.26. The summed E-state index contributed by atoms with van der Waals surface area (Å²) in [7, 11) is 0. The Hall–Kier alpha value is -1.76. The normalized spacial score (nSPS) is 10.2. The zero-order chi connectivity index (χ0) is 13.8. The SMILES string of the molecule is Nc1cc(OCc2ccc(I)cc2)ccc1C(=O)O. The molecule has 4 nitrogen and oxygen atoms in total. The van der Waals surface area contributed by atoms with Crippen LogP contribution in [-0.2, 0) is 6.61 Å². The predicted octanol–water partition coefficient (Wildman–Crippen LogP) is 3.15. The molecule has 19 heavy (non-hydrogen) atoms. The molecule has 2 aromatic carbocycles. The summed E-state index contributed by atoms with van der Waals surface area (Å²) in [4.78, 5) is 10.8. The number of hydrogen-bond acceptors (Lipinski definition) is 3. The average molecular weight is 369 g/mol. The van der Waals surface area contributed by atoms with E-state index < -0.39 is 5.97 Å². The Morgan fingerprint density at radius 1 is 1.21 bits per heavy atom. The van der Waals surface area contributed by atoms with Crippen molar-refractivity contribution in [1.82, 2.24) is 0 Å². The first kappa shape index (κ1) is 13.7. The fourth-order valence-corrected chi connectivity index (χ4v) is 1.93. The van der Waals surface area contributed by atoms with E-state index in [4.69, 9.17) is 15.6 Å². The van der Waals surface area contributed by atoms with Gasteiger partial charge in [0.1, 0.15) is 12.4 Å². The highest BCUT2D eigenvalue weighted by molar-refractivity contribution is 14.1. The van der Waals surface area contributed by atoms with E-state index in [1.807, 2.05) is 24.3 Å². The molecule has 5 heteroatoms. The van der Waals surface area contributed by atoms with Gasteiger partial charge in [-0.1, -0.05) is 12.1 Å². The molecule has 98 valence electrons. The van der Waals surface area contributed by atoms with Crippen LogP contribution in [0, 0.1) is 3.57 Å². The predicted molar refractivity (Wildman–Crippen MR) is 81.3 cm³/mol. The molecule has 0 radical (unpaired) electrons. The van der Waals surface area contributed by atoms with Gasteiger partial charge < -0.3 is 15.6 Å². The van der Waals surface area contributed by atoms with E-state index in [-0.39, 0.29) is 11.3 Å². The van der Waals surface area contributed by atoms with E-state index in [9.17, 15) is 4.79 Å². The number of hydrogen-bond donors (Lipinski definition) is 2. The average Bonchev–Trinajstić information content (AvgIpc) is 2.37. The van der Waals surface area contributed by atoms with Crippen LogP contribution in [0.3, 0.4) is 0 Å². The van der Waals surface area contributed by atoms with Crippen LogP contribution in [0.4, 0.5) is 5.69 Å². The molecule has 2 rings (SSSR count). The van der Waals surface area contributed by atoms with E-state index in [0.29, 0.717) is 12.4 Å². The largest absolute Gasteiger partial charge is 0.489 e. The molecule has 0 aromatic heterocycles. The summed E-state index contributed by atoms with van der Waals surface area (Å²) in [6, 6.07) is 12.5. The number of aromatic carboxylic acids is 1. The van der Waals surface area contributed by atoms with Crippen LogP contribution in [0.15, 0.2) is 42.5 Å². The Bertz CT molecular complexity index is 596. The van der Waals surface area contributed by atoms with Crippen LogP contribution >= 0.6 is 22.6 Å². The van der Waals surface area contributed by atoms with Gasteiger partial charge >= 0.3 is 5.97 Å². The highest BCUT2D eigenvalue weighted by atomic mass is 127. The van der Waals surface area contributed by atoms with Gasteiger partial charge in [-0.2, -0.15) is 0 Å². The molecule has 0 atom stereocenters. The van der Waals surface area contributed by atoms with E-state index in [2.05, 4.69) is 22.6 Å². The van der Waals surface area contributed by atoms with Crippen LogP contribution in [0.5, 0.6) is 5.75 Å². The van der Waals surface area contributed by atoms with E-state index in [0.717, 1.165) is 9.13 Å². The summed E-state index contributed by atoms with van der Waals surface area (Å²) < 4.78 is 6.74. The van der Waals surface area contributed by atoms with Crippen LogP contribution < -0.4 is 10.5 Å². The Balaban J connectivity index is 2.06. The maximum atomic E-state index is 10.8. The van der Waals surface area contributed by atoms with Gasteiger partial charge in [-0.15, -0.1) is 0 Å². The lowest BCUT2D eigenvalue weighted by Crippen LogP contribution is -2.03. The zero-order valence-corrected chi connectivity index (χ0v) is 12.1. The summed E-state index contributed by atoms with van der Waals surface area (Å²) >= 11 is 2.24. The third-order valence-electron chi connectivity index (χ3n) is 2.57. The van der Waals surface area contributed by atoms with Gasteiger partial charge in [-0.05, 0) is 52.4 Å². The molecule has 2 aromatic rings. The number of benzene rings is 2. The highest BCUT2D eigenvalue weighted by Gasteiger charge is 2.08. The maximum Gasteiger partial charge on any atom is 0.337 e. The summed E-state index contributed by atoms with van der Waals surface area (Å²) in [6.07, 6.45) is 0. The maximum absolute atomic E-state index is 10.8. The number of nitrogen functional groups attached to an aromatic ring is 1. The molecule has 0 bridgehead atoms. The van der Waals surface area contributed by atoms with Crippen molar-refractivity contribution in [2.45, 2.75) is 6.61 Å². The summed E-state index contributed by atoms with van der Waals surface area (Å²) in [6.45, 7) is 0.419. The van der Waals surface area contributed by atoms with Crippen molar-refractivity contribution < 1.29 is 14.6 Å². The topological polar surface area (TPSA) is 72.5 Å². The molecule has 0 saturated carbocycles. The molecule has 0 aliphatic heterocycles. The minimum atomic E-state index is -1.04. The molecule has 0 heterocycles. The number of ether oxygens (including phenoxy) is 1. The van der Waals surface area contributed by atoms with Gasteiger partial charge in [0, 0.05) is 15.3 Å². The van der Waals surface area contributed by atoms with E-state index in [1.54, 1.807) is 6.07 Å². The van der Waals surface area contributed by atoms with Crippen molar-refractivity contribution in [2.75, 3.05) is 5.73 Å². The van der Waals surface area contributed by atoms with Gasteiger partial charge in [0.2, 0.25) is 0 Å². The van der Waals surface area contributed by atoms with Crippen molar-refractivity contribution in [3.05, 3.63) is 57.2 Å². The highest BCUT2D eigenvalue weighted by Crippen LogP contribution is 2.21. The number of carboxylic acids is 1. The Morgan fingerprint density at radius 3 is 2.47 bits per heavy atom. The van der Waals surface area contributed by atoms with Gasteiger partial charge in [-0.3, -0.25) is 0 Å². The molecule has 3 N–H and O–H groups in total. The van der Waals surface area contributed by atoms with Gasteiger partial charge in [-0.25, -0.2) is 4.79 Å². The second-order valence-corrected chi connectivity index (χ2v) is 5.21. The smallest absolute Gasteiger partial charge is 0.337 e. The number of anilines is 1. The monoisotopic (exact) mass is 369 g/mol. The zero-order valence-electron chi connectivity index (χ0n) is 9.97. The lowest BCUT2D eigenvalue weighted by atomic mass is 10.2. The minimum absolute atomic E-state index is 0.0848. The summed E-state index contributed by atoms with van der Waals surface area (Å²) in [5.74, 6) is -0.484. The van der Waals surface area contributed by atoms with Crippen LogP contribution in [0.1, 0.15) is 15.9 Å². The number of nitrogens with two attached hydrogens (primary N) is 1. The van der Waals surface area contributed by atoms with Crippen molar-refractivity contribution in [3.8, 4) is 5.75 Å². The molecule has 0 aliphatic carbocycles. The third-order valence-corrected chi connectivity index (χ3v) is 3.29. The Labute approximate surface area is 124 Å². The van der Waals surface area contributed by atoms with Crippen molar-refractivity contribution in [2.24, 2.45) is 0 Å². The lowest BCUT2D eigenvalue weighted by molar-refractivity contribution is 0.0698. The molecular weight excluding hydrogens is 357 g/mol. The first-order chi connectivity index (χ1) is 9.06. The molecule has 0 spiro atoms. The van der Waals surface area contributed by atoms with Gasteiger partial charge in [0.25, 0.3) is 0 Å². The lowest BCUT2D eigenvalue weighted by Gasteiger charge is -2.08. The molecule has 0 fully saturated rings. The second-order valence-electron chi connectivity index (χ2n) is 3.97. The van der Waals surface area contributed by atoms with Crippen molar-refractivity contribution >= 4 is 34.2 Å². The first-order valence-corrected chi connectivity index (χ1v) is 6.64. The Morgan fingerprint density at radius 2 is 1.89 bits per heavy atom. The summed E-state index contributed by atoms with van der Waals surface area (Å²) in [5.41, 5.74) is 6.98. The number of carboxylic acid groups (broad SMARTS) is 1. The minimum Gasteiger partial charge on any atom is -0.489 e. The molecule has 0 aliphatic rings. The summed E-state index contributed by atoms with van der Waals surface area (Å²) in [5, 5.41) is 8.87. The number of carbonyl (C=O) groups is 1. The van der Waals surface area contributed by atoms with E-state index >= 15 is 0 Å². The van der Waals surface area contributed by atoms with Gasteiger partial charge in [0.15, 0.2) is 0 Å². The third kappa shape index (κ3) is 3.60. The molecule has 0 unspecified atom stereocenters. The van der Waals surface area contributed by atoms with Crippen molar-refractivity contribution in [1.29, 1.82) is 0 Å². The number of halogens is 1.